The van der Waals surface area contributed by atoms with Gasteiger partial charge < -0.3 is 20.3 Å². The Kier molecular flexibility index (Phi) is 46.6. The highest BCUT2D eigenvalue weighted by Gasteiger charge is 2.24. The SMILES string of the molecule is CCCCC/C=C\C/C=C\C/C=C\CCCCCCC(=O)OC(CCCCCCCCCCCCCCCC)CC(=O)NC(CO)C(O)CCCCCCCCCCCC. The summed E-state index contributed by atoms with van der Waals surface area (Å²) in [6.45, 7) is 6.45. The minimum absolute atomic E-state index is 0.0724. The molecule has 3 atom stereocenters. The van der Waals surface area contributed by atoms with E-state index in [1.807, 2.05) is 0 Å². The third-order valence-electron chi connectivity index (χ3n) is 12.0. The summed E-state index contributed by atoms with van der Waals surface area (Å²) >= 11 is 0. The number of ether oxygens (including phenoxy) is 1. The second-order valence-corrected chi connectivity index (χ2v) is 17.9. The monoisotopic (exact) mass is 844 g/mol. The predicted octanol–water partition coefficient (Wildman–Crippen LogP) is 15.7. The van der Waals surface area contributed by atoms with Gasteiger partial charge in [-0.2, -0.15) is 0 Å². The Labute approximate surface area is 373 Å². The fraction of sp³-hybridized carbons (Fsp3) is 0.852. The molecule has 3 unspecified atom stereocenters. The van der Waals surface area contributed by atoms with E-state index in [9.17, 15) is 19.8 Å². The number of amides is 1. The van der Waals surface area contributed by atoms with Gasteiger partial charge in [-0.05, 0) is 64.2 Å². The van der Waals surface area contributed by atoms with Gasteiger partial charge in [0, 0.05) is 6.42 Å². The predicted molar refractivity (Wildman–Crippen MR) is 259 cm³/mol. The molecule has 6 heteroatoms. The Balaban J connectivity index is 4.59. The van der Waals surface area contributed by atoms with Gasteiger partial charge in [-0.1, -0.05) is 231 Å². The maximum atomic E-state index is 13.2. The summed E-state index contributed by atoms with van der Waals surface area (Å²) < 4.78 is 5.93. The quantitative estimate of drug-likeness (QED) is 0.0322. The molecule has 0 aromatic rings. The number of esters is 1. The maximum Gasteiger partial charge on any atom is 0.306 e. The van der Waals surface area contributed by atoms with Crippen LogP contribution in [0.1, 0.15) is 271 Å². The number of unbranched alkanes of at least 4 members (excludes halogenated alkanes) is 29. The highest BCUT2D eigenvalue weighted by atomic mass is 16.5. The van der Waals surface area contributed by atoms with Crippen LogP contribution in [0.3, 0.4) is 0 Å². The number of aliphatic hydroxyl groups is 2. The van der Waals surface area contributed by atoms with Crippen molar-refractivity contribution in [2.24, 2.45) is 0 Å². The van der Waals surface area contributed by atoms with Gasteiger partial charge in [0.25, 0.3) is 0 Å². The fourth-order valence-electron chi connectivity index (χ4n) is 7.97. The summed E-state index contributed by atoms with van der Waals surface area (Å²) in [5.74, 6) is -0.488. The minimum atomic E-state index is -0.788. The van der Waals surface area contributed by atoms with Gasteiger partial charge in [-0.3, -0.25) is 9.59 Å². The van der Waals surface area contributed by atoms with Crippen LogP contribution in [0.15, 0.2) is 36.5 Å². The molecule has 6 nitrogen and oxygen atoms in total. The largest absolute Gasteiger partial charge is 0.462 e. The van der Waals surface area contributed by atoms with Crippen molar-refractivity contribution in [2.45, 2.75) is 289 Å². The molecule has 60 heavy (non-hydrogen) atoms. The van der Waals surface area contributed by atoms with Gasteiger partial charge in [0.05, 0.1) is 25.2 Å². The Morgan fingerprint density at radius 3 is 1.32 bits per heavy atom. The van der Waals surface area contributed by atoms with E-state index in [2.05, 4.69) is 62.5 Å². The lowest BCUT2D eigenvalue weighted by molar-refractivity contribution is -0.151. The highest BCUT2D eigenvalue weighted by Crippen LogP contribution is 2.18. The molecule has 352 valence electrons. The maximum absolute atomic E-state index is 13.2. The van der Waals surface area contributed by atoms with Crippen LogP contribution in [0.2, 0.25) is 0 Å². The van der Waals surface area contributed by atoms with Crippen LogP contribution >= 0.6 is 0 Å². The van der Waals surface area contributed by atoms with E-state index in [1.165, 1.54) is 148 Å². The van der Waals surface area contributed by atoms with Crippen LogP contribution in [-0.4, -0.2) is 46.9 Å². The van der Waals surface area contributed by atoms with E-state index in [1.54, 1.807) is 0 Å². The van der Waals surface area contributed by atoms with Crippen LogP contribution in [0.25, 0.3) is 0 Å². The van der Waals surface area contributed by atoms with Crippen LogP contribution in [-0.2, 0) is 14.3 Å². The van der Waals surface area contributed by atoms with E-state index in [4.69, 9.17) is 4.74 Å². The average molecular weight is 844 g/mol. The molecular weight excluding hydrogens is 743 g/mol. The number of carbonyl (C=O) groups is 2. The first-order valence-corrected chi connectivity index (χ1v) is 26.2. The molecule has 3 N–H and O–H groups in total. The van der Waals surface area contributed by atoms with Crippen molar-refractivity contribution < 1.29 is 24.5 Å². The minimum Gasteiger partial charge on any atom is -0.462 e. The average Bonchev–Trinajstić information content (AvgIpc) is 3.24. The van der Waals surface area contributed by atoms with E-state index in [0.29, 0.717) is 19.3 Å². The van der Waals surface area contributed by atoms with Crippen molar-refractivity contribution in [3.8, 4) is 0 Å². The summed E-state index contributed by atoms with van der Waals surface area (Å²) in [6.07, 6.45) is 56.3. The van der Waals surface area contributed by atoms with Crippen molar-refractivity contribution in [1.29, 1.82) is 0 Å². The number of hydrogen-bond acceptors (Lipinski definition) is 5. The molecule has 0 spiro atoms. The second-order valence-electron chi connectivity index (χ2n) is 17.9. The lowest BCUT2D eigenvalue weighted by Crippen LogP contribution is -2.46. The molecule has 0 aliphatic rings. The van der Waals surface area contributed by atoms with Crippen molar-refractivity contribution in [3.63, 3.8) is 0 Å². The molecule has 0 aliphatic carbocycles. The lowest BCUT2D eigenvalue weighted by Gasteiger charge is -2.24. The van der Waals surface area contributed by atoms with Gasteiger partial charge in [0.2, 0.25) is 5.91 Å². The second kappa shape index (κ2) is 48.1. The van der Waals surface area contributed by atoms with Gasteiger partial charge in [-0.25, -0.2) is 0 Å². The van der Waals surface area contributed by atoms with Crippen LogP contribution < -0.4 is 5.32 Å². The van der Waals surface area contributed by atoms with E-state index in [-0.39, 0.29) is 24.9 Å². The molecule has 0 aromatic heterocycles. The third-order valence-corrected chi connectivity index (χ3v) is 12.0. The van der Waals surface area contributed by atoms with Crippen molar-refractivity contribution in [1.82, 2.24) is 5.32 Å². The molecule has 0 aromatic carbocycles. The number of aliphatic hydroxyl groups excluding tert-OH is 2. The number of allylic oxidation sites excluding steroid dienone is 6. The summed E-state index contributed by atoms with van der Waals surface area (Å²) in [5, 5.41) is 23.7. The molecule has 0 rings (SSSR count). The first-order chi connectivity index (χ1) is 29.5. The molecule has 0 saturated heterocycles. The summed E-state index contributed by atoms with van der Waals surface area (Å²) in [5.41, 5.74) is 0. The van der Waals surface area contributed by atoms with Crippen LogP contribution in [0.5, 0.6) is 0 Å². The molecule has 1 amide bonds. The zero-order chi connectivity index (χ0) is 43.8. The number of nitrogens with one attached hydrogen (secondary N) is 1. The molecule has 0 saturated carbocycles. The van der Waals surface area contributed by atoms with Gasteiger partial charge in [-0.15, -0.1) is 0 Å². The van der Waals surface area contributed by atoms with E-state index < -0.39 is 18.2 Å². The summed E-state index contributed by atoms with van der Waals surface area (Å²) in [6, 6.07) is -0.702. The zero-order valence-corrected chi connectivity index (χ0v) is 40.1. The molecule has 0 fully saturated rings. The van der Waals surface area contributed by atoms with Crippen LogP contribution in [0, 0.1) is 0 Å². The lowest BCUT2D eigenvalue weighted by atomic mass is 10.0. The number of carbonyl (C=O) groups excluding carboxylic acids is 2. The zero-order valence-electron chi connectivity index (χ0n) is 40.1. The molecular formula is C54H101NO5. The Morgan fingerprint density at radius 1 is 0.483 bits per heavy atom. The highest BCUT2D eigenvalue weighted by molar-refractivity contribution is 5.77. The fourth-order valence-corrected chi connectivity index (χ4v) is 7.97. The summed E-state index contributed by atoms with van der Waals surface area (Å²) in [4.78, 5) is 26.1. The Morgan fingerprint density at radius 2 is 0.850 bits per heavy atom. The first-order valence-electron chi connectivity index (χ1n) is 26.2. The molecule has 0 radical (unpaired) electrons. The van der Waals surface area contributed by atoms with Gasteiger partial charge in [0.1, 0.15) is 6.10 Å². The van der Waals surface area contributed by atoms with E-state index >= 15 is 0 Å². The van der Waals surface area contributed by atoms with Crippen LogP contribution in [0.4, 0.5) is 0 Å². The Hall–Kier alpha value is -1.92. The molecule has 0 heterocycles. The van der Waals surface area contributed by atoms with Crippen molar-refractivity contribution in [2.75, 3.05) is 6.61 Å². The van der Waals surface area contributed by atoms with Crippen molar-refractivity contribution >= 4 is 11.9 Å². The standard InChI is InChI=1S/C54H101NO5/c1-4-7-10-13-16-19-22-24-26-27-28-30-32-35-38-41-44-47-54(59)60-50(45-42-39-36-33-31-29-25-23-20-17-14-11-8-5-2)48-53(58)55-51(49-56)52(57)46-43-40-37-34-21-18-15-12-9-6-3/h16,19,24,26,28,30,50-52,56-57H,4-15,17-18,20-23,25,27,29,31-49H2,1-3H3,(H,55,58)/b19-16-,26-24-,30-28-. The van der Waals surface area contributed by atoms with Gasteiger partial charge in [0.15, 0.2) is 0 Å². The smallest absolute Gasteiger partial charge is 0.306 e. The Bertz CT molecular complexity index is 993. The normalized spacial score (nSPS) is 13.5. The number of hydrogen-bond donors (Lipinski definition) is 3. The van der Waals surface area contributed by atoms with E-state index in [0.717, 1.165) is 77.0 Å². The third kappa shape index (κ3) is 42.8. The summed E-state index contributed by atoms with van der Waals surface area (Å²) in [7, 11) is 0. The molecule has 0 bridgehead atoms. The van der Waals surface area contributed by atoms with Crippen molar-refractivity contribution in [3.05, 3.63) is 36.5 Å². The first kappa shape index (κ1) is 58.1. The topological polar surface area (TPSA) is 95.9 Å². The molecule has 0 aliphatic heterocycles. The number of rotatable bonds is 47. The van der Waals surface area contributed by atoms with Gasteiger partial charge >= 0.3 is 5.97 Å².